The van der Waals surface area contributed by atoms with Gasteiger partial charge in [-0.1, -0.05) is 13.3 Å². The van der Waals surface area contributed by atoms with Crippen LogP contribution in [0.2, 0.25) is 0 Å². The van der Waals surface area contributed by atoms with Crippen LogP contribution in [0.4, 0.5) is 0 Å². The zero-order chi connectivity index (χ0) is 12.0. The summed E-state index contributed by atoms with van der Waals surface area (Å²) in [5, 5.41) is 6.93. The first kappa shape index (κ1) is 12.7. The van der Waals surface area contributed by atoms with Crippen molar-refractivity contribution < 1.29 is 4.79 Å². The van der Waals surface area contributed by atoms with Gasteiger partial charge in [0.15, 0.2) is 0 Å². The van der Waals surface area contributed by atoms with Gasteiger partial charge in [0.1, 0.15) is 0 Å². The molecule has 3 N–H and O–H groups in total. The molecular weight excluding hydrogens is 204 g/mol. The molecule has 0 bridgehead atoms. The highest BCUT2D eigenvalue weighted by molar-refractivity contribution is 5.81. The number of nitrogens with zero attached hydrogens (tertiary/aromatic N) is 2. The predicted molar refractivity (Wildman–Crippen MR) is 62.9 cm³/mol. The second-order valence-electron chi connectivity index (χ2n) is 3.97. The van der Waals surface area contributed by atoms with Crippen LogP contribution in [0.25, 0.3) is 0 Å². The molecule has 0 spiro atoms. The molecule has 0 unspecified atom stereocenters. The highest BCUT2D eigenvalue weighted by Gasteiger charge is 2.10. The van der Waals surface area contributed by atoms with E-state index in [4.69, 9.17) is 5.73 Å². The van der Waals surface area contributed by atoms with Crippen molar-refractivity contribution in [2.24, 2.45) is 5.73 Å². The number of carbonyl (C=O) groups excluding carboxylic acids is 1. The Labute approximate surface area is 96.0 Å². The molecule has 1 heterocycles. The lowest BCUT2D eigenvalue weighted by atomic mass is 10.2. The summed E-state index contributed by atoms with van der Waals surface area (Å²) in [6.45, 7) is 5.24. The molecular formula is C11H20N4O. The van der Waals surface area contributed by atoms with Crippen molar-refractivity contribution >= 4 is 5.91 Å². The second kappa shape index (κ2) is 6.27. The molecule has 0 aliphatic carbocycles. The lowest BCUT2D eigenvalue weighted by Crippen LogP contribution is -2.41. The standard InChI is InChI=1S/C11H20N4O/c1-3-4-10(12)11(16)13-5-6-15-8-9(2)7-14-15/h7-8,10H,3-6,12H2,1-2H3,(H,13,16)/t10-/m0/s1. The molecule has 90 valence electrons. The Morgan fingerprint density at radius 1 is 1.69 bits per heavy atom. The summed E-state index contributed by atoms with van der Waals surface area (Å²) in [5.74, 6) is -0.0780. The molecule has 0 saturated carbocycles. The first-order valence-corrected chi connectivity index (χ1v) is 5.66. The third-order valence-corrected chi connectivity index (χ3v) is 2.34. The van der Waals surface area contributed by atoms with Crippen LogP contribution < -0.4 is 11.1 Å². The van der Waals surface area contributed by atoms with Gasteiger partial charge in [-0.2, -0.15) is 5.10 Å². The Morgan fingerprint density at radius 3 is 3.00 bits per heavy atom. The van der Waals surface area contributed by atoms with Crippen LogP contribution in [-0.2, 0) is 11.3 Å². The van der Waals surface area contributed by atoms with Gasteiger partial charge < -0.3 is 11.1 Å². The zero-order valence-electron chi connectivity index (χ0n) is 9.94. The molecule has 0 aromatic carbocycles. The molecule has 0 aliphatic rings. The minimum atomic E-state index is -0.385. The fourth-order valence-corrected chi connectivity index (χ4v) is 1.46. The summed E-state index contributed by atoms with van der Waals surface area (Å²) in [4.78, 5) is 11.5. The minimum absolute atomic E-state index is 0.0780. The Kier molecular flexibility index (Phi) is 4.98. The highest BCUT2D eigenvalue weighted by atomic mass is 16.2. The van der Waals surface area contributed by atoms with Gasteiger partial charge in [0.05, 0.1) is 18.8 Å². The summed E-state index contributed by atoms with van der Waals surface area (Å²) in [6, 6.07) is -0.385. The van der Waals surface area contributed by atoms with Gasteiger partial charge in [0.2, 0.25) is 5.91 Å². The van der Waals surface area contributed by atoms with Crippen LogP contribution in [0.3, 0.4) is 0 Å². The van der Waals surface area contributed by atoms with Crippen molar-refractivity contribution in [1.82, 2.24) is 15.1 Å². The fraction of sp³-hybridized carbons (Fsp3) is 0.636. The number of hydrogen-bond acceptors (Lipinski definition) is 3. The van der Waals surface area contributed by atoms with E-state index in [9.17, 15) is 4.79 Å². The topological polar surface area (TPSA) is 72.9 Å². The fourth-order valence-electron chi connectivity index (χ4n) is 1.46. The van der Waals surface area contributed by atoms with E-state index in [0.717, 1.165) is 18.4 Å². The average molecular weight is 224 g/mol. The van der Waals surface area contributed by atoms with Crippen LogP contribution >= 0.6 is 0 Å². The Balaban J connectivity index is 2.22. The van der Waals surface area contributed by atoms with E-state index >= 15 is 0 Å². The van der Waals surface area contributed by atoms with E-state index in [1.165, 1.54) is 0 Å². The van der Waals surface area contributed by atoms with Gasteiger partial charge >= 0.3 is 0 Å². The molecule has 1 atom stereocenters. The van der Waals surface area contributed by atoms with E-state index in [-0.39, 0.29) is 11.9 Å². The molecule has 0 radical (unpaired) electrons. The third kappa shape index (κ3) is 4.02. The van der Waals surface area contributed by atoms with Crippen molar-refractivity contribution in [2.45, 2.75) is 39.3 Å². The molecule has 5 nitrogen and oxygen atoms in total. The van der Waals surface area contributed by atoms with Crippen LogP contribution in [0.15, 0.2) is 12.4 Å². The van der Waals surface area contributed by atoms with Crippen molar-refractivity contribution in [1.29, 1.82) is 0 Å². The molecule has 1 aromatic heterocycles. The average Bonchev–Trinajstić information content (AvgIpc) is 2.64. The number of carbonyl (C=O) groups is 1. The van der Waals surface area contributed by atoms with E-state index in [0.29, 0.717) is 13.1 Å². The number of nitrogens with one attached hydrogen (secondary N) is 1. The zero-order valence-corrected chi connectivity index (χ0v) is 9.94. The highest BCUT2D eigenvalue weighted by Crippen LogP contribution is 1.94. The summed E-state index contributed by atoms with van der Waals surface area (Å²) in [5.41, 5.74) is 6.80. The molecule has 1 rings (SSSR count). The van der Waals surface area contributed by atoms with Crippen LogP contribution in [0.5, 0.6) is 0 Å². The van der Waals surface area contributed by atoms with Crippen molar-refractivity contribution in [3.8, 4) is 0 Å². The van der Waals surface area contributed by atoms with Gasteiger partial charge in [-0.3, -0.25) is 9.48 Å². The predicted octanol–water partition coefficient (Wildman–Crippen LogP) is 0.435. The van der Waals surface area contributed by atoms with Crippen molar-refractivity contribution in [3.05, 3.63) is 18.0 Å². The summed E-state index contributed by atoms with van der Waals surface area (Å²) >= 11 is 0. The Morgan fingerprint density at radius 2 is 2.44 bits per heavy atom. The smallest absolute Gasteiger partial charge is 0.236 e. The van der Waals surface area contributed by atoms with Crippen LogP contribution in [-0.4, -0.2) is 28.3 Å². The number of hydrogen-bond donors (Lipinski definition) is 2. The van der Waals surface area contributed by atoms with E-state index in [2.05, 4.69) is 10.4 Å². The molecule has 5 heteroatoms. The Hall–Kier alpha value is -1.36. The van der Waals surface area contributed by atoms with Gasteiger partial charge in [-0.15, -0.1) is 0 Å². The van der Waals surface area contributed by atoms with Crippen LogP contribution in [0.1, 0.15) is 25.3 Å². The van der Waals surface area contributed by atoms with Gasteiger partial charge in [-0.25, -0.2) is 0 Å². The largest absolute Gasteiger partial charge is 0.353 e. The lowest BCUT2D eigenvalue weighted by Gasteiger charge is -2.10. The molecule has 0 saturated heterocycles. The van der Waals surface area contributed by atoms with Crippen molar-refractivity contribution in [2.75, 3.05) is 6.54 Å². The molecule has 1 aromatic rings. The van der Waals surface area contributed by atoms with Gasteiger partial charge in [0, 0.05) is 12.7 Å². The molecule has 1 amide bonds. The van der Waals surface area contributed by atoms with Crippen LogP contribution in [0, 0.1) is 6.92 Å². The number of amides is 1. The first-order valence-electron chi connectivity index (χ1n) is 5.66. The number of rotatable bonds is 6. The van der Waals surface area contributed by atoms with Crippen molar-refractivity contribution in [3.63, 3.8) is 0 Å². The third-order valence-electron chi connectivity index (χ3n) is 2.34. The van der Waals surface area contributed by atoms with Gasteiger partial charge in [-0.05, 0) is 18.9 Å². The molecule has 0 aliphatic heterocycles. The maximum absolute atomic E-state index is 11.5. The normalized spacial score (nSPS) is 12.4. The number of nitrogens with two attached hydrogens (primary N) is 1. The maximum Gasteiger partial charge on any atom is 0.236 e. The minimum Gasteiger partial charge on any atom is -0.353 e. The Bertz CT molecular complexity index is 334. The quantitative estimate of drug-likeness (QED) is 0.736. The van der Waals surface area contributed by atoms with Gasteiger partial charge in [0.25, 0.3) is 0 Å². The van der Waals surface area contributed by atoms with E-state index in [1.807, 2.05) is 20.0 Å². The lowest BCUT2D eigenvalue weighted by molar-refractivity contribution is -0.122. The summed E-state index contributed by atoms with van der Waals surface area (Å²) in [7, 11) is 0. The number of aryl methyl sites for hydroxylation is 1. The molecule has 0 fully saturated rings. The van der Waals surface area contributed by atoms with E-state index in [1.54, 1.807) is 10.9 Å². The summed E-state index contributed by atoms with van der Waals surface area (Å²) < 4.78 is 1.81. The SMILES string of the molecule is CCC[C@H](N)C(=O)NCCn1cc(C)cn1. The first-order chi connectivity index (χ1) is 7.63. The monoisotopic (exact) mass is 224 g/mol. The van der Waals surface area contributed by atoms with E-state index < -0.39 is 0 Å². The number of aromatic nitrogens is 2. The second-order valence-corrected chi connectivity index (χ2v) is 3.97. The summed E-state index contributed by atoms with van der Waals surface area (Å²) in [6.07, 6.45) is 5.39. The molecule has 16 heavy (non-hydrogen) atoms. The maximum atomic E-state index is 11.5.